The van der Waals surface area contributed by atoms with Crippen LogP contribution in [-0.2, 0) is 4.79 Å². The van der Waals surface area contributed by atoms with Gasteiger partial charge in [-0.3, -0.25) is 4.79 Å². The van der Waals surface area contributed by atoms with E-state index in [4.69, 9.17) is 0 Å². The molecule has 1 N–H and O–H groups in total. The van der Waals surface area contributed by atoms with Crippen molar-refractivity contribution >= 4 is 5.91 Å². The molecule has 0 radical (unpaired) electrons. The van der Waals surface area contributed by atoms with Crippen LogP contribution in [-0.4, -0.2) is 29.0 Å². The fourth-order valence-electron chi connectivity index (χ4n) is 3.28. The molecule has 1 unspecified atom stereocenters. The van der Waals surface area contributed by atoms with Gasteiger partial charge in [0.25, 0.3) is 0 Å². The van der Waals surface area contributed by atoms with Crippen LogP contribution in [0.15, 0.2) is 24.3 Å². The lowest BCUT2D eigenvalue weighted by Gasteiger charge is -2.38. The summed E-state index contributed by atoms with van der Waals surface area (Å²) in [6.45, 7) is 1.47. The summed E-state index contributed by atoms with van der Waals surface area (Å²) in [6.07, 6.45) is 4.32. The van der Waals surface area contributed by atoms with E-state index >= 15 is 0 Å². The molecule has 4 heteroatoms. The Bertz CT molecular complexity index is 490. The van der Waals surface area contributed by atoms with Crippen LogP contribution in [0.5, 0.6) is 0 Å². The molecule has 1 aromatic rings. The Morgan fingerprint density at radius 3 is 2.29 bits per heavy atom. The molecule has 114 valence electrons. The number of hydrogen-bond donors (Lipinski definition) is 1. The van der Waals surface area contributed by atoms with Gasteiger partial charge in [0, 0.05) is 19.0 Å². The number of piperidine rings is 1. The van der Waals surface area contributed by atoms with Crippen LogP contribution >= 0.6 is 0 Å². The second-order valence-electron chi connectivity index (χ2n) is 6.29. The van der Waals surface area contributed by atoms with E-state index in [1.807, 2.05) is 4.90 Å². The minimum absolute atomic E-state index is 0.154. The lowest BCUT2D eigenvalue weighted by atomic mass is 9.82. The summed E-state index contributed by atoms with van der Waals surface area (Å²) in [5.74, 6) is 0.423. The maximum Gasteiger partial charge on any atom is 0.225 e. The zero-order valence-corrected chi connectivity index (χ0v) is 12.2. The SMILES string of the molecule is O=C(C1CCC1)N1CCC(C(O)c2ccc(F)cc2)CC1. The van der Waals surface area contributed by atoms with Crippen LogP contribution in [0.4, 0.5) is 4.39 Å². The number of rotatable bonds is 3. The highest BCUT2D eigenvalue weighted by Gasteiger charge is 2.33. The fourth-order valence-corrected chi connectivity index (χ4v) is 3.28. The van der Waals surface area contributed by atoms with Crippen molar-refractivity contribution in [3.63, 3.8) is 0 Å². The number of carbonyl (C=O) groups is 1. The molecule has 1 saturated heterocycles. The minimum Gasteiger partial charge on any atom is -0.388 e. The number of aliphatic hydroxyl groups is 1. The first-order chi connectivity index (χ1) is 10.1. The van der Waals surface area contributed by atoms with Crippen molar-refractivity contribution in [3.05, 3.63) is 35.6 Å². The number of benzene rings is 1. The van der Waals surface area contributed by atoms with E-state index in [1.165, 1.54) is 18.6 Å². The van der Waals surface area contributed by atoms with Crippen LogP contribution in [0, 0.1) is 17.7 Å². The molecule has 1 aromatic carbocycles. The van der Waals surface area contributed by atoms with Gasteiger partial charge in [-0.25, -0.2) is 4.39 Å². The summed E-state index contributed by atoms with van der Waals surface area (Å²) in [7, 11) is 0. The van der Waals surface area contributed by atoms with Crippen LogP contribution in [0.1, 0.15) is 43.8 Å². The maximum absolute atomic E-state index is 12.9. The highest BCUT2D eigenvalue weighted by atomic mass is 19.1. The third-order valence-corrected chi connectivity index (χ3v) is 4.96. The first kappa shape index (κ1) is 14.5. The highest BCUT2D eigenvalue weighted by molar-refractivity contribution is 5.79. The molecule has 0 bridgehead atoms. The summed E-state index contributed by atoms with van der Waals surface area (Å²) >= 11 is 0. The number of amides is 1. The molecule has 0 aromatic heterocycles. The molecule has 21 heavy (non-hydrogen) atoms. The number of halogens is 1. The van der Waals surface area contributed by atoms with Gasteiger partial charge in [-0.05, 0) is 49.3 Å². The van der Waals surface area contributed by atoms with Gasteiger partial charge >= 0.3 is 0 Å². The largest absolute Gasteiger partial charge is 0.388 e. The average molecular weight is 291 g/mol. The predicted octanol–water partition coefficient (Wildman–Crippen LogP) is 2.90. The van der Waals surface area contributed by atoms with Gasteiger partial charge in [-0.15, -0.1) is 0 Å². The van der Waals surface area contributed by atoms with Gasteiger partial charge in [0.05, 0.1) is 6.10 Å². The van der Waals surface area contributed by atoms with Crippen molar-refractivity contribution in [2.45, 2.75) is 38.2 Å². The number of likely N-dealkylation sites (tertiary alicyclic amines) is 1. The van der Waals surface area contributed by atoms with Crippen molar-refractivity contribution in [2.24, 2.45) is 11.8 Å². The lowest BCUT2D eigenvalue weighted by molar-refractivity contribution is -0.140. The van der Waals surface area contributed by atoms with E-state index in [2.05, 4.69) is 0 Å². The van der Waals surface area contributed by atoms with Crippen LogP contribution in [0.2, 0.25) is 0 Å². The quantitative estimate of drug-likeness (QED) is 0.930. The molecule has 1 saturated carbocycles. The standard InChI is InChI=1S/C17H22FNO2/c18-15-6-4-12(5-7-15)16(20)13-8-10-19(11-9-13)17(21)14-2-1-3-14/h4-7,13-14,16,20H,1-3,8-11H2. The number of hydrogen-bond acceptors (Lipinski definition) is 2. The monoisotopic (exact) mass is 291 g/mol. The summed E-state index contributed by atoms with van der Waals surface area (Å²) in [4.78, 5) is 14.1. The second-order valence-corrected chi connectivity index (χ2v) is 6.29. The van der Waals surface area contributed by atoms with Crippen molar-refractivity contribution in [1.82, 2.24) is 4.90 Å². The van der Waals surface area contributed by atoms with Gasteiger partial charge < -0.3 is 10.0 Å². The summed E-state index contributed by atoms with van der Waals surface area (Å²) < 4.78 is 12.9. The Labute approximate surface area is 124 Å². The molecule has 3 rings (SSSR count). The smallest absolute Gasteiger partial charge is 0.225 e. The van der Waals surface area contributed by atoms with Crippen LogP contribution in [0.25, 0.3) is 0 Å². The Hall–Kier alpha value is -1.42. The van der Waals surface area contributed by atoms with E-state index in [0.29, 0.717) is 5.91 Å². The van der Waals surface area contributed by atoms with Gasteiger partial charge in [0.15, 0.2) is 0 Å². The summed E-state index contributed by atoms with van der Waals surface area (Å²) in [6, 6.07) is 6.05. The van der Waals surface area contributed by atoms with Crippen molar-refractivity contribution in [2.75, 3.05) is 13.1 Å². The van der Waals surface area contributed by atoms with Crippen LogP contribution in [0.3, 0.4) is 0 Å². The summed E-state index contributed by atoms with van der Waals surface area (Å²) in [5, 5.41) is 10.4. The van der Waals surface area contributed by atoms with E-state index in [0.717, 1.165) is 44.3 Å². The minimum atomic E-state index is -0.563. The Morgan fingerprint density at radius 1 is 1.14 bits per heavy atom. The molecule has 2 fully saturated rings. The molecule has 1 aliphatic carbocycles. The Morgan fingerprint density at radius 2 is 1.76 bits per heavy atom. The Kier molecular flexibility index (Phi) is 4.24. The van der Waals surface area contributed by atoms with Crippen molar-refractivity contribution in [3.8, 4) is 0 Å². The lowest BCUT2D eigenvalue weighted by Crippen LogP contribution is -2.44. The topological polar surface area (TPSA) is 40.5 Å². The summed E-state index contributed by atoms with van der Waals surface area (Å²) in [5.41, 5.74) is 0.764. The third kappa shape index (κ3) is 3.10. The van der Waals surface area contributed by atoms with Crippen molar-refractivity contribution < 1.29 is 14.3 Å². The maximum atomic E-state index is 12.9. The van der Waals surface area contributed by atoms with E-state index < -0.39 is 6.10 Å². The molecular weight excluding hydrogens is 269 g/mol. The molecule has 0 spiro atoms. The zero-order chi connectivity index (χ0) is 14.8. The molecule has 1 amide bonds. The number of aliphatic hydroxyl groups excluding tert-OH is 1. The highest BCUT2D eigenvalue weighted by Crippen LogP contribution is 2.33. The number of nitrogens with zero attached hydrogens (tertiary/aromatic N) is 1. The fraction of sp³-hybridized carbons (Fsp3) is 0.588. The average Bonchev–Trinajstić information content (AvgIpc) is 2.46. The van der Waals surface area contributed by atoms with Crippen molar-refractivity contribution in [1.29, 1.82) is 0 Å². The molecule has 1 heterocycles. The normalized spacial score (nSPS) is 21.9. The second kappa shape index (κ2) is 6.14. The first-order valence-electron chi connectivity index (χ1n) is 7.87. The van der Waals surface area contributed by atoms with Gasteiger partial charge in [0.1, 0.15) is 5.82 Å². The van der Waals surface area contributed by atoms with Gasteiger partial charge in [-0.1, -0.05) is 18.6 Å². The van der Waals surface area contributed by atoms with Gasteiger partial charge in [0.2, 0.25) is 5.91 Å². The molecule has 3 nitrogen and oxygen atoms in total. The van der Waals surface area contributed by atoms with Gasteiger partial charge in [-0.2, -0.15) is 0 Å². The Balaban J connectivity index is 1.55. The molecule has 1 aliphatic heterocycles. The molecular formula is C17H22FNO2. The first-order valence-corrected chi connectivity index (χ1v) is 7.87. The third-order valence-electron chi connectivity index (χ3n) is 4.96. The molecule has 1 atom stereocenters. The van der Waals surface area contributed by atoms with E-state index in [1.54, 1.807) is 12.1 Å². The van der Waals surface area contributed by atoms with E-state index in [9.17, 15) is 14.3 Å². The molecule has 2 aliphatic rings. The number of carbonyl (C=O) groups excluding carboxylic acids is 1. The van der Waals surface area contributed by atoms with Crippen LogP contribution < -0.4 is 0 Å². The predicted molar refractivity (Wildman–Crippen MR) is 78.0 cm³/mol. The van der Waals surface area contributed by atoms with E-state index in [-0.39, 0.29) is 17.7 Å². The zero-order valence-electron chi connectivity index (χ0n) is 12.2.